The number of carboxylic acids is 1. The van der Waals surface area contributed by atoms with Crippen molar-refractivity contribution in [1.29, 1.82) is 0 Å². The molecular weight excluding hydrogens is 402 g/mol. The number of hydrogen-bond donors (Lipinski definition) is 3. The van der Waals surface area contributed by atoms with E-state index in [2.05, 4.69) is 5.32 Å². The fraction of sp³-hybridized carbons (Fsp3) is 0.261. The number of carbonyl (C=O) groups excluding carboxylic acids is 2. The van der Waals surface area contributed by atoms with E-state index in [0.29, 0.717) is 22.6 Å². The standard InChI is InChI=1S/C23H25NO7/c1-15(7-12-21(27)28)22(19-5-3-4-6-20(19)30-14-13-25)31-23(29)24-18-10-8-17(9-11-18)16(2)26/h3-12,15,22,25H,13-14H2,1-2H3,(H,24,29)(H,27,28)/b12-7+/t15-,22+/m0/s1. The number of para-hydroxylation sites is 1. The second-order valence-corrected chi connectivity index (χ2v) is 6.75. The van der Waals surface area contributed by atoms with E-state index in [9.17, 15) is 14.4 Å². The number of hydrogen-bond acceptors (Lipinski definition) is 6. The summed E-state index contributed by atoms with van der Waals surface area (Å²) in [5, 5.41) is 20.6. The Kier molecular flexibility index (Phi) is 8.78. The molecule has 164 valence electrons. The number of anilines is 1. The van der Waals surface area contributed by atoms with E-state index < -0.39 is 24.1 Å². The Labute approximate surface area is 180 Å². The molecule has 0 saturated heterocycles. The Morgan fingerprint density at radius 3 is 2.39 bits per heavy atom. The van der Waals surface area contributed by atoms with Crippen LogP contribution in [-0.2, 0) is 9.53 Å². The third-order valence-corrected chi connectivity index (χ3v) is 4.37. The maximum atomic E-state index is 12.6. The molecule has 0 spiro atoms. The number of carbonyl (C=O) groups is 3. The van der Waals surface area contributed by atoms with Crippen LogP contribution in [0.3, 0.4) is 0 Å². The van der Waals surface area contributed by atoms with Gasteiger partial charge in [-0.25, -0.2) is 9.59 Å². The number of amides is 1. The average molecular weight is 427 g/mol. The predicted octanol–water partition coefficient (Wildman–Crippen LogP) is 3.83. The summed E-state index contributed by atoms with van der Waals surface area (Å²) in [5.41, 5.74) is 1.48. The lowest BCUT2D eigenvalue weighted by atomic mass is 9.96. The predicted molar refractivity (Wildman–Crippen MR) is 114 cm³/mol. The molecule has 0 fully saturated rings. The zero-order chi connectivity index (χ0) is 22.8. The van der Waals surface area contributed by atoms with Gasteiger partial charge in [-0.05, 0) is 37.3 Å². The molecule has 0 aliphatic heterocycles. The molecule has 0 aliphatic rings. The van der Waals surface area contributed by atoms with Crippen molar-refractivity contribution in [2.24, 2.45) is 5.92 Å². The van der Waals surface area contributed by atoms with Crippen LogP contribution in [0.5, 0.6) is 5.75 Å². The summed E-state index contributed by atoms with van der Waals surface area (Å²) in [6.07, 6.45) is 0.788. The highest BCUT2D eigenvalue weighted by molar-refractivity contribution is 5.95. The third-order valence-electron chi connectivity index (χ3n) is 4.37. The fourth-order valence-electron chi connectivity index (χ4n) is 2.84. The van der Waals surface area contributed by atoms with Crippen molar-refractivity contribution in [3.8, 4) is 5.75 Å². The SMILES string of the molecule is CC(=O)c1ccc(NC(=O)O[C@@H](c2ccccc2OCCO)[C@@H](C)/C=C/C(=O)O)cc1. The van der Waals surface area contributed by atoms with Gasteiger partial charge in [-0.2, -0.15) is 0 Å². The van der Waals surface area contributed by atoms with Crippen LogP contribution in [0, 0.1) is 5.92 Å². The molecule has 8 nitrogen and oxygen atoms in total. The summed E-state index contributed by atoms with van der Waals surface area (Å²) in [6, 6.07) is 13.2. The molecule has 31 heavy (non-hydrogen) atoms. The molecule has 3 N–H and O–H groups in total. The number of Topliss-reactive ketones (excluding diaryl/α,β-unsaturated/α-hetero) is 1. The van der Waals surface area contributed by atoms with Crippen molar-refractivity contribution >= 4 is 23.5 Å². The van der Waals surface area contributed by atoms with Gasteiger partial charge in [0, 0.05) is 28.8 Å². The molecule has 0 unspecified atom stereocenters. The second kappa shape index (κ2) is 11.5. The van der Waals surface area contributed by atoms with Crippen LogP contribution in [0.15, 0.2) is 60.7 Å². The molecule has 8 heteroatoms. The zero-order valence-electron chi connectivity index (χ0n) is 17.3. The number of aliphatic carboxylic acids is 1. The van der Waals surface area contributed by atoms with Gasteiger partial charge < -0.3 is 19.7 Å². The molecule has 0 aromatic heterocycles. The van der Waals surface area contributed by atoms with Gasteiger partial charge >= 0.3 is 12.1 Å². The monoisotopic (exact) mass is 427 g/mol. The molecule has 1 amide bonds. The lowest BCUT2D eigenvalue weighted by Crippen LogP contribution is -2.22. The van der Waals surface area contributed by atoms with Gasteiger partial charge in [0.05, 0.1) is 6.61 Å². The average Bonchev–Trinajstić information content (AvgIpc) is 2.75. The number of aliphatic hydroxyl groups is 1. The summed E-state index contributed by atoms with van der Waals surface area (Å²) in [4.78, 5) is 34.9. The molecule has 0 saturated carbocycles. The molecule has 2 aromatic rings. The first kappa shape index (κ1) is 23.6. The van der Waals surface area contributed by atoms with Crippen LogP contribution >= 0.6 is 0 Å². The van der Waals surface area contributed by atoms with Gasteiger partial charge in [0.2, 0.25) is 0 Å². The van der Waals surface area contributed by atoms with E-state index >= 15 is 0 Å². The van der Waals surface area contributed by atoms with E-state index in [0.717, 1.165) is 6.08 Å². The smallest absolute Gasteiger partial charge is 0.412 e. The van der Waals surface area contributed by atoms with E-state index in [4.69, 9.17) is 19.7 Å². The highest BCUT2D eigenvalue weighted by Gasteiger charge is 2.25. The highest BCUT2D eigenvalue weighted by atomic mass is 16.6. The van der Waals surface area contributed by atoms with Crippen LogP contribution in [0.1, 0.15) is 35.9 Å². The first-order valence-corrected chi connectivity index (χ1v) is 9.64. The molecule has 0 radical (unpaired) electrons. The van der Waals surface area contributed by atoms with Crippen LogP contribution in [0.4, 0.5) is 10.5 Å². The molecule has 2 aromatic carbocycles. The van der Waals surface area contributed by atoms with Gasteiger partial charge in [-0.1, -0.05) is 31.2 Å². The zero-order valence-corrected chi connectivity index (χ0v) is 17.3. The Morgan fingerprint density at radius 1 is 1.10 bits per heavy atom. The molecular formula is C23H25NO7. The molecule has 0 heterocycles. The van der Waals surface area contributed by atoms with Gasteiger partial charge in [-0.3, -0.25) is 10.1 Å². The first-order chi connectivity index (χ1) is 14.8. The van der Waals surface area contributed by atoms with Crippen molar-refractivity contribution in [3.05, 3.63) is 71.8 Å². The molecule has 2 atom stereocenters. The topological polar surface area (TPSA) is 122 Å². The Bertz CT molecular complexity index is 937. The Hall–Kier alpha value is -3.65. The third kappa shape index (κ3) is 7.27. The summed E-state index contributed by atoms with van der Waals surface area (Å²) >= 11 is 0. The second-order valence-electron chi connectivity index (χ2n) is 6.75. The number of carboxylic acid groups (broad SMARTS) is 1. The Balaban J connectivity index is 2.25. The van der Waals surface area contributed by atoms with Gasteiger partial charge in [0.25, 0.3) is 0 Å². The van der Waals surface area contributed by atoms with Crippen LogP contribution in [-0.4, -0.2) is 41.3 Å². The summed E-state index contributed by atoms with van der Waals surface area (Å²) < 4.78 is 11.2. The van der Waals surface area contributed by atoms with Gasteiger partial charge in [0.15, 0.2) is 5.78 Å². The van der Waals surface area contributed by atoms with Crippen molar-refractivity contribution in [3.63, 3.8) is 0 Å². The summed E-state index contributed by atoms with van der Waals surface area (Å²) in [6.45, 7) is 3.02. The van der Waals surface area contributed by atoms with Gasteiger partial charge in [-0.15, -0.1) is 0 Å². The van der Waals surface area contributed by atoms with E-state index in [-0.39, 0.29) is 19.0 Å². The van der Waals surface area contributed by atoms with Crippen LogP contribution in [0.2, 0.25) is 0 Å². The summed E-state index contributed by atoms with van der Waals surface area (Å²) in [5.74, 6) is -1.30. The first-order valence-electron chi connectivity index (χ1n) is 9.64. The van der Waals surface area contributed by atoms with Crippen LogP contribution in [0.25, 0.3) is 0 Å². The lowest BCUT2D eigenvalue weighted by molar-refractivity contribution is -0.131. The van der Waals surface area contributed by atoms with Gasteiger partial charge in [0.1, 0.15) is 18.5 Å². The maximum absolute atomic E-state index is 12.6. The number of ether oxygens (including phenoxy) is 2. The minimum atomic E-state index is -1.12. The van der Waals surface area contributed by atoms with Crippen molar-refractivity contribution in [1.82, 2.24) is 0 Å². The van der Waals surface area contributed by atoms with Crippen LogP contribution < -0.4 is 10.1 Å². The fourth-order valence-corrected chi connectivity index (χ4v) is 2.84. The summed E-state index contributed by atoms with van der Waals surface area (Å²) in [7, 11) is 0. The van der Waals surface area contributed by atoms with E-state index in [1.54, 1.807) is 55.5 Å². The van der Waals surface area contributed by atoms with Crippen molar-refractivity contribution in [2.45, 2.75) is 20.0 Å². The largest absolute Gasteiger partial charge is 0.491 e. The molecule has 2 rings (SSSR count). The van der Waals surface area contributed by atoms with E-state index in [1.807, 2.05) is 0 Å². The normalized spacial score (nSPS) is 12.7. The maximum Gasteiger partial charge on any atom is 0.412 e. The molecule has 0 aliphatic carbocycles. The molecule has 0 bridgehead atoms. The van der Waals surface area contributed by atoms with E-state index in [1.165, 1.54) is 13.0 Å². The number of ketones is 1. The van der Waals surface area contributed by atoms with Crippen molar-refractivity contribution < 1.29 is 34.1 Å². The minimum absolute atomic E-state index is 0.0533. The van der Waals surface area contributed by atoms with Crippen molar-refractivity contribution in [2.75, 3.05) is 18.5 Å². The number of nitrogens with one attached hydrogen (secondary N) is 1. The number of benzene rings is 2. The number of rotatable bonds is 10. The lowest BCUT2D eigenvalue weighted by Gasteiger charge is -2.24. The number of aliphatic hydroxyl groups excluding tert-OH is 1. The minimum Gasteiger partial charge on any atom is -0.491 e. The quantitative estimate of drug-likeness (QED) is 0.389. The highest BCUT2D eigenvalue weighted by Crippen LogP contribution is 2.34. The Morgan fingerprint density at radius 2 is 1.77 bits per heavy atom.